The predicted molar refractivity (Wildman–Crippen MR) is 93.3 cm³/mol. The van der Waals surface area contributed by atoms with Crippen LogP contribution in [0.5, 0.6) is 17.2 Å². The largest absolute Gasteiger partial charge is 0.496 e. The van der Waals surface area contributed by atoms with Crippen LogP contribution in [-0.4, -0.2) is 26.0 Å². The molecule has 2 aromatic carbocycles. The third-order valence-corrected chi connectivity index (χ3v) is 4.09. The van der Waals surface area contributed by atoms with Crippen molar-refractivity contribution in [3.8, 4) is 17.2 Å². The third kappa shape index (κ3) is 3.47. The van der Waals surface area contributed by atoms with Crippen molar-refractivity contribution >= 4 is 39.7 Å². The summed E-state index contributed by atoms with van der Waals surface area (Å²) in [5, 5.41) is 4.38. The molecule has 0 aliphatic carbocycles. The molecule has 24 heavy (non-hydrogen) atoms. The highest BCUT2D eigenvalue weighted by molar-refractivity contribution is 9.10. The Morgan fingerprint density at radius 2 is 2.08 bits per heavy atom. The van der Waals surface area contributed by atoms with E-state index in [-0.39, 0.29) is 6.79 Å². The second-order valence-electron chi connectivity index (χ2n) is 4.77. The number of hydrogen-bond acceptors (Lipinski definition) is 5. The van der Waals surface area contributed by atoms with Crippen molar-refractivity contribution < 1.29 is 19.0 Å². The van der Waals surface area contributed by atoms with Crippen molar-refractivity contribution in [3.63, 3.8) is 0 Å². The number of carbonyl (C=O) groups excluding carboxylic acids is 1. The molecule has 2 aromatic rings. The van der Waals surface area contributed by atoms with Gasteiger partial charge in [-0.3, -0.25) is 4.79 Å². The molecule has 0 saturated heterocycles. The summed E-state index contributed by atoms with van der Waals surface area (Å²) in [7, 11) is 1.50. The minimum atomic E-state index is -0.402. The molecule has 0 unspecified atom stereocenters. The van der Waals surface area contributed by atoms with Crippen LogP contribution in [0.2, 0.25) is 5.02 Å². The molecule has 0 aromatic heterocycles. The average Bonchev–Trinajstić information content (AvgIpc) is 3.01. The number of nitrogens with zero attached hydrogens (tertiary/aromatic N) is 1. The van der Waals surface area contributed by atoms with E-state index in [1.54, 1.807) is 30.3 Å². The SMILES string of the molecule is COc1ccc(Br)cc1C(=O)N/N=C/c1cc2c(cc1Cl)OCO2. The number of fused-ring (bicyclic) bond motifs is 1. The lowest BCUT2D eigenvalue weighted by molar-refractivity contribution is 0.0952. The Hall–Kier alpha value is -2.25. The van der Waals surface area contributed by atoms with Gasteiger partial charge in [-0.1, -0.05) is 27.5 Å². The monoisotopic (exact) mass is 410 g/mol. The second kappa shape index (κ2) is 7.11. The Morgan fingerprint density at radius 3 is 2.83 bits per heavy atom. The number of carbonyl (C=O) groups is 1. The zero-order valence-corrected chi connectivity index (χ0v) is 14.8. The maximum absolute atomic E-state index is 12.2. The van der Waals surface area contributed by atoms with Crippen LogP contribution in [0.3, 0.4) is 0 Å². The molecule has 1 heterocycles. The molecule has 0 radical (unpaired) electrons. The predicted octanol–water partition coefficient (Wildman–Crippen LogP) is 3.60. The third-order valence-electron chi connectivity index (χ3n) is 3.27. The van der Waals surface area contributed by atoms with Gasteiger partial charge >= 0.3 is 0 Å². The molecule has 0 atom stereocenters. The van der Waals surface area contributed by atoms with Crippen LogP contribution in [0.1, 0.15) is 15.9 Å². The Morgan fingerprint density at radius 1 is 1.33 bits per heavy atom. The van der Waals surface area contributed by atoms with Crippen molar-refractivity contribution in [2.24, 2.45) is 5.10 Å². The molecule has 1 N–H and O–H groups in total. The van der Waals surface area contributed by atoms with E-state index >= 15 is 0 Å². The lowest BCUT2D eigenvalue weighted by atomic mass is 10.2. The molecule has 0 saturated carbocycles. The highest BCUT2D eigenvalue weighted by Crippen LogP contribution is 2.36. The van der Waals surface area contributed by atoms with Crippen LogP contribution in [0.15, 0.2) is 39.9 Å². The van der Waals surface area contributed by atoms with Gasteiger partial charge in [0.15, 0.2) is 11.5 Å². The lowest BCUT2D eigenvalue weighted by Crippen LogP contribution is -2.18. The van der Waals surface area contributed by atoms with Crippen molar-refractivity contribution in [2.75, 3.05) is 13.9 Å². The number of ether oxygens (including phenoxy) is 3. The zero-order chi connectivity index (χ0) is 17.1. The number of halogens is 2. The second-order valence-corrected chi connectivity index (χ2v) is 6.09. The van der Waals surface area contributed by atoms with Gasteiger partial charge in [0, 0.05) is 16.1 Å². The topological polar surface area (TPSA) is 69.2 Å². The van der Waals surface area contributed by atoms with Crippen molar-refractivity contribution in [1.82, 2.24) is 5.43 Å². The van der Waals surface area contributed by atoms with E-state index in [0.29, 0.717) is 33.4 Å². The van der Waals surface area contributed by atoms with E-state index in [1.165, 1.54) is 13.3 Å². The molecule has 1 aliphatic rings. The highest BCUT2D eigenvalue weighted by atomic mass is 79.9. The van der Waals surface area contributed by atoms with E-state index in [9.17, 15) is 4.79 Å². The van der Waals surface area contributed by atoms with E-state index in [0.717, 1.165) is 4.47 Å². The molecular weight excluding hydrogens is 400 g/mol. The van der Waals surface area contributed by atoms with E-state index in [2.05, 4.69) is 26.5 Å². The van der Waals surface area contributed by atoms with Crippen LogP contribution >= 0.6 is 27.5 Å². The number of hydrazone groups is 1. The van der Waals surface area contributed by atoms with E-state index in [4.69, 9.17) is 25.8 Å². The maximum Gasteiger partial charge on any atom is 0.275 e. The van der Waals surface area contributed by atoms with Gasteiger partial charge in [-0.25, -0.2) is 5.43 Å². The molecular formula is C16H12BrClN2O4. The van der Waals surface area contributed by atoms with E-state index < -0.39 is 5.91 Å². The van der Waals surface area contributed by atoms with E-state index in [1.807, 2.05) is 0 Å². The van der Waals surface area contributed by atoms with Crippen LogP contribution in [0, 0.1) is 0 Å². The minimum Gasteiger partial charge on any atom is -0.496 e. The molecule has 6 nitrogen and oxygen atoms in total. The van der Waals surface area contributed by atoms with Gasteiger partial charge in [0.05, 0.1) is 23.9 Å². The summed E-state index contributed by atoms with van der Waals surface area (Å²) in [5.41, 5.74) is 3.40. The molecule has 3 rings (SSSR count). The van der Waals surface area contributed by atoms with Crippen LogP contribution in [0.25, 0.3) is 0 Å². The standard InChI is InChI=1S/C16H12BrClN2O4/c1-22-13-3-2-10(17)5-11(13)16(21)20-19-7-9-4-14-15(6-12(9)18)24-8-23-14/h2-7H,8H2,1H3,(H,20,21)/b19-7+. The van der Waals surface area contributed by atoms with Gasteiger partial charge in [-0.05, 0) is 24.3 Å². The molecule has 0 fully saturated rings. The first kappa shape index (κ1) is 16.6. The van der Waals surface area contributed by atoms with Crippen molar-refractivity contribution in [2.45, 2.75) is 0 Å². The fraction of sp³-hybridized carbons (Fsp3) is 0.125. The Kier molecular flexibility index (Phi) is 4.92. The summed E-state index contributed by atoms with van der Waals surface area (Å²) in [6, 6.07) is 8.46. The molecule has 1 amide bonds. The van der Waals surface area contributed by atoms with Gasteiger partial charge in [-0.2, -0.15) is 5.10 Å². The first-order chi connectivity index (χ1) is 11.6. The first-order valence-electron chi connectivity index (χ1n) is 6.84. The van der Waals surface area contributed by atoms with Gasteiger partial charge in [-0.15, -0.1) is 0 Å². The highest BCUT2D eigenvalue weighted by Gasteiger charge is 2.16. The fourth-order valence-corrected chi connectivity index (χ4v) is 2.67. The number of benzene rings is 2. The smallest absolute Gasteiger partial charge is 0.275 e. The number of hydrogen-bond donors (Lipinski definition) is 1. The number of amides is 1. The molecule has 124 valence electrons. The Labute approximate surface area is 151 Å². The normalized spacial score (nSPS) is 12.5. The molecule has 1 aliphatic heterocycles. The number of rotatable bonds is 4. The zero-order valence-electron chi connectivity index (χ0n) is 12.5. The molecule has 0 spiro atoms. The molecule has 0 bridgehead atoms. The minimum absolute atomic E-state index is 0.158. The average molecular weight is 412 g/mol. The first-order valence-corrected chi connectivity index (χ1v) is 8.01. The lowest BCUT2D eigenvalue weighted by Gasteiger charge is -2.07. The summed E-state index contributed by atoms with van der Waals surface area (Å²) in [5.74, 6) is 1.22. The van der Waals surface area contributed by atoms with Gasteiger partial charge < -0.3 is 14.2 Å². The van der Waals surface area contributed by atoms with Gasteiger partial charge in [0.2, 0.25) is 6.79 Å². The van der Waals surface area contributed by atoms with Crippen LogP contribution < -0.4 is 19.6 Å². The fourth-order valence-electron chi connectivity index (χ4n) is 2.11. The summed E-state index contributed by atoms with van der Waals surface area (Å²) in [4.78, 5) is 12.2. The van der Waals surface area contributed by atoms with Gasteiger partial charge in [0.25, 0.3) is 5.91 Å². The van der Waals surface area contributed by atoms with Crippen molar-refractivity contribution in [1.29, 1.82) is 0 Å². The Balaban J connectivity index is 1.75. The number of nitrogens with one attached hydrogen (secondary N) is 1. The maximum atomic E-state index is 12.2. The summed E-state index contributed by atoms with van der Waals surface area (Å²) in [6.07, 6.45) is 1.44. The molecule has 8 heteroatoms. The Bertz CT molecular complexity index is 826. The van der Waals surface area contributed by atoms with Crippen LogP contribution in [-0.2, 0) is 0 Å². The summed E-state index contributed by atoms with van der Waals surface area (Å²) >= 11 is 9.46. The summed E-state index contributed by atoms with van der Waals surface area (Å²) in [6.45, 7) is 0.158. The summed E-state index contributed by atoms with van der Waals surface area (Å²) < 4.78 is 16.4. The van der Waals surface area contributed by atoms with Crippen molar-refractivity contribution in [3.05, 3.63) is 51.0 Å². The van der Waals surface area contributed by atoms with Crippen LogP contribution in [0.4, 0.5) is 0 Å². The number of methoxy groups -OCH3 is 1. The quantitative estimate of drug-likeness (QED) is 0.616. The van der Waals surface area contributed by atoms with Gasteiger partial charge in [0.1, 0.15) is 5.75 Å².